The predicted molar refractivity (Wildman–Crippen MR) is 117 cm³/mol. The van der Waals surface area contributed by atoms with Crippen molar-refractivity contribution in [2.45, 2.75) is 38.4 Å². The van der Waals surface area contributed by atoms with Crippen LogP contribution in [-0.2, 0) is 16.1 Å². The summed E-state index contributed by atoms with van der Waals surface area (Å²) in [6.07, 6.45) is 1.78. The Labute approximate surface area is 176 Å². The Morgan fingerprint density at radius 1 is 1.07 bits per heavy atom. The fourth-order valence-corrected chi connectivity index (χ4v) is 3.83. The van der Waals surface area contributed by atoms with Crippen molar-refractivity contribution in [2.75, 3.05) is 18.1 Å². The molecular weight excluding hydrogens is 378 g/mol. The van der Waals surface area contributed by atoms with Crippen LogP contribution in [0.5, 0.6) is 0 Å². The van der Waals surface area contributed by atoms with E-state index in [9.17, 15) is 9.59 Å². The fraction of sp³-hybridized carbons (Fsp3) is 0.348. The van der Waals surface area contributed by atoms with E-state index in [2.05, 4.69) is 44.9 Å². The predicted octanol–water partition coefficient (Wildman–Crippen LogP) is 2.11. The van der Waals surface area contributed by atoms with Crippen LogP contribution in [-0.4, -0.2) is 47.7 Å². The van der Waals surface area contributed by atoms with Crippen LogP contribution in [0.1, 0.15) is 25.3 Å². The van der Waals surface area contributed by atoms with Gasteiger partial charge in [-0.3, -0.25) is 19.9 Å². The van der Waals surface area contributed by atoms with Crippen molar-refractivity contribution in [1.82, 2.24) is 15.6 Å². The highest BCUT2D eigenvalue weighted by molar-refractivity contribution is 6.39. The van der Waals surface area contributed by atoms with Crippen LogP contribution >= 0.6 is 0 Å². The molecule has 0 aromatic heterocycles. The molecule has 0 saturated carbocycles. The molecule has 0 spiro atoms. The van der Waals surface area contributed by atoms with Crippen molar-refractivity contribution in [1.29, 1.82) is 0 Å². The van der Waals surface area contributed by atoms with Crippen molar-refractivity contribution in [3.05, 3.63) is 66.2 Å². The Hall–Kier alpha value is -3.19. The van der Waals surface area contributed by atoms with Gasteiger partial charge in [0.2, 0.25) is 5.84 Å². The van der Waals surface area contributed by atoms with Crippen LogP contribution in [0.3, 0.4) is 0 Å². The molecule has 0 radical (unpaired) electrons. The number of aliphatic imine (C=N–C) groups is 1. The van der Waals surface area contributed by atoms with E-state index in [-0.39, 0.29) is 23.7 Å². The molecule has 0 bridgehead atoms. The number of carbonyl (C=O) groups excluding carboxylic acids is 2. The van der Waals surface area contributed by atoms with E-state index < -0.39 is 6.04 Å². The topological polar surface area (TPSA) is 77.0 Å². The maximum absolute atomic E-state index is 12.8. The van der Waals surface area contributed by atoms with Gasteiger partial charge in [0.15, 0.2) is 0 Å². The summed E-state index contributed by atoms with van der Waals surface area (Å²) in [6.45, 7) is 4.51. The van der Waals surface area contributed by atoms with Crippen molar-refractivity contribution in [3.8, 4) is 0 Å². The normalized spacial score (nSPS) is 20.4. The first-order valence-electron chi connectivity index (χ1n) is 10.4. The molecule has 2 aromatic carbocycles. The number of hydrogen-bond donors (Lipinski definition) is 2. The summed E-state index contributed by atoms with van der Waals surface area (Å²) in [6, 6.07) is 19.1. The minimum Gasteiger partial charge on any atom is -0.347 e. The molecule has 7 nitrogen and oxygen atoms in total. The van der Waals surface area contributed by atoms with Gasteiger partial charge in [-0.1, -0.05) is 48.5 Å². The molecule has 1 atom stereocenters. The molecular formula is C23H27N5O2. The Kier molecular flexibility index (Phi) is 6.09. The number of carbonyl (C=O) groups is 2. The molecule has 30 heavy (non-hydrogen) atoms. The van der Waals surface area contributed by atoms with E-state index in [1.807, 2.05) is 36.4 Å². The second kappa shape index (κ2) is 9.09. The number of nitrogens with one attached hydrogen (secondary N) is 2. The summed E-state index contributed by atoms with van der Waals surface area (Å²) in [5.41, 5.74) is 4.88. The zero-order chi connectivity index (χ0) is 20.9. The lowest BCUT2D eigenvalue weighted by atomic mass is 10.0. The van der Waals surface area contributed by atoms with Gasteiger partial charge in [0.05, 0.1) is 5.69 Å². The highest BCUT2D eigenvalue weighted by Gasteiger charge is 2.31. The molecule has 2 N–H and O–H groups in total. The van der Waals surface area contributed by atoms with Gasteiger partial charge in [0, 0.05) is 25.7 Å². The van der Waals surface area contributed by atoms with E-state index in [0.717, 1.165) is 32.5 Å². The average molecular weight is 406 g/mol. The van der Waals surface area contributed by atoms with Gasteiger partial charge in [-0.2, -0.15) is 0 Å². The first-order valence-corrected chi connectivity index (χ1v) is 10.4. The van der Waals surface area contributed by atoms with Crippen molar-refractivity contribution in [2.24, 2.45) is 4.99 Å². The van der Waals surface area contributed by atoms with Crippen LogP contribution in [0.2, 0.25) is 0 Å². The van der Waals surface area contributed by atoms with Crippen molar-refractivity contribution >= 4 is 23.3 Å². The van der Waals surface area contributed by atoms with Crippen molar-refractivity contribution < 1.29 is 9.59 Å². The zero-order valence-electron chi connectivity index (χ0n) is 17.1. The van der Waals surface area contributed by atoms with Gasteiger partial charge in [-0.25, -0.2) is 10.0 Å². The summed E-state index contributed by atoms with van der Waals surface area (Å²) in [4.78, 5) is 32.0. The lowest BCUT2D eigenvalue weighted by Crippen LogP contribution is -2.59. The van der Waals surface area contributed by atoms with E-state index in [1.165, 1.54) is 10.6 Å². The first kappa shape index (κ1) is 20.1. The Bertz CT molecular complexity index is 908. The Morgan fingerprint density at radius 2 is 1.70 bits per heavy atom. The quantitative estimate of drug-likeness (QED) is 0.799. The second-order valence-corrected chi connectivity index (χ2v) is 7.78. The smallest absolute Gasteiger partial charge is 0.288 e. The third-order valence-electron chi connectivity index (χ3n) is 5.52. The van der Waals surface area contributed by atoms with Gasteiger partial charge in [0.1, 0.15) is 6.04 Å². The number of amidine groups is 1. The number of anilines is 1. The van der Waals surface area contributed by atoms with Crippen LogP contribution in [0.4, 0.5) is 5.69 Å². The van der Waals surface area contributed by atoms with Crippen LogP contribution < -0.4 is 15.8 Å². The molecule has 2 aromatic rings. The van der Waals surface area contributed by atoms with E-state index in [4.69, 9.17) is 0 Å². The summed E-state index contributed by atoms with van der Waals surface area (Å²) in [5.74, 6) is -0.276. The Balaban J connectivity index is 1.33. The fourth-order valence-electron chi connectivity index (χ4n) is 3.83. The number of nitrogens with zero attached hydrogens (tertiary/aromatic N) is 3. The average Bonchev–Trinajstić information content (AvgIpc) is 2.78. The number of piperidine rings is 1. The summed E-state index contributed by atoms with van der Waals surface area (Å²) >= 11 is 0. The third-order valence-corrected chi connectivity index (χ3v) is 5.52. The lowest BCUT2D eigenvalue weighted by molar-refractivity contribution is -0.120. The van der Waals surface area contributed by atoms with Gasteiger partial charge >= 0.3 is 0 Å². The molecule has 0 unspecified atom stereocenters. The minimum atomic E-state index is -0.611. The molecule has 2 aliphatic heterocycles. The van der Waals surface area contributed by atoms with Gasteiger partial charge < -0.3 is 5.32 Å². The molecule has 7 heteroatoms. The molecule has 4 rings (SSSR count). The maximum Gasteiger partial charge on any atom is 0.288 e. The van der Waals surface area contributed by atoms with Crippen LogP contribution in [0.15, 0.2) is 65.7 Å². The minimum absolute atomic E-state index is 0.104. The van der Waals surface area contributed by atoms with E-state index in [0.29, 0.717) is 5.69 Å². The zero-order valence-corrected chi connectivity index (χ0v) is 17.1. The maximum atomic E-state index is 12.8. The molecule has 1 saturated heterocycles. The van der Waals surface area contributed by atoms with Crippen molar-refractivity contribution in [3.63, 3.8) is 0 Å². The second-order valence-electron chi connectivity index (χ2n) is 7.78. The van der Waals surface area contributed by atoms with Gasteiger partial charge in [-0.05, 0) is 37.5 Å². The largest absolute Gasteiger partial charge is 0.347 e. The summed E-state index contributed by atoms with van der Waals surface area (Å²) in [7, 11) is 0. The lowest BCUT2D eigenvalue weighted by Gasteiger charge is -2.34. The molecule has 1 fully saturated rings. The first-order chi connectivity index (χ1) is 14.6. The molecule has 2 amide bonds. The molecule has 2 heterocycles. The highest BCUT2D eigenvalue weighted by atomic mass is 16.2. The number of hydrogen-bond acceptors (Lipinski definition) is 5. The van der Waals surface area contributed by atoms with Crippen LogP contribution in [0.25, 0.3) is 0 Å². The number of para-hydroxylation sites is 1. The van der Waals surface area contributed by atoms with E-state index in [1.54, 1.807) is 6.92 Å². The third kappa shape index (κ3) is 4.68. The summed E-state index contributed by atoms with van der Waals surface area (Å²) < 4.78 is 0. The Morgan fingerprint density at radius 3 is 2.37 bits per heavy atom. The number of amides is 2. The van der Waals surface area contributed by atoms with Gasteiger partial charge in [-0.15, -0.1) is 0 Å². The number of rotatable bonds is 5. The number of benzene rings is 2. The summed E-state index contributed by atoms with van der Waals surface area (Å²) in [5, 5.41) is 4.48. The SMILES string of the molecule is C[C@@H]1N=C(C(=O)NC2CCN(Cc3ccccc3)CC2)NN(c2ccccc2)C1=O. The molecule has 0 aliphatic carbocycles. The van der Waals surface area contributed by atoms with Crippen LogP contribution in [0, 0.1) is 0 Å². The monoisotopic (exact) mass is 405 g/mol. The number of hydrazine groups is 1. The number of likely N-dealkylation sites (tertiary alicyclic amines) is 1. The molecule has 156 valence electrons. The van der Waals surface area contributed by atoms with E-state index >= 15 is 0 Å². The van der Waals surface area contributed by atoms with Gasteiger partial charge in [0.25, 0.3) is 11.8 Å². The highest BCUT2D eigenvalue weighted by Crippen LogP contribution is 2.17. The standard InChI is InChI=1S/C23H27N5O2/c1-17-23(30)28(20-10-6-3-7-11-20)26-21(24-17)22(29)25-19-12-14-27(15-13-19)16-18-8-4-2-5-9-18/h2-11,17,19H,12-16H2,1H3,(H,24,26)(H,25,29)/t17-/m0/s1. The molecule has 2 aliphatic rings.